The van der Waals surface area contributed by atoms with Gasteiger partial charge in [-0.1, -0.05) is 5.16 Å². The van der Waals surface area contributed by atoms with E-state index in [1.807, 2.05) is 0 Å². The number of rotatable bonds is 1. The predicted octanol–water partition coefficient (Wildman–Crippen LogP) is 1.91. The van der Waals surface area contributed by atoms with Crippen LogP contribution in [0.4, 0.5) is 13.2 Å². The van der Waals surface area contributed by atoms with Crippen molar-refractivity contribution in [2.24, 2.45) is 5.16 Å². The van der Waals surface area contributed by atoms with E-state index in [0.717, 1.165) is 12.1 Å². The molecular weight excluding hydrogens is 171 g/mol. The average Bonchev–Trinajstić information content (AvgIpc) is 2.07. The van der Waals surface area contributed by atoms with Gasteiger partial charge in [-0.15, -0.1) is 0 Å². The van der Waals surface area contributed by atoms with Gasteiger partial charge in [0, 0.05) is 5.56 Å². The minimum absolute atomic E-state index is 0.309. The second kappa shape index (κ2) is 3.25. The fourth-order valence-corrected chi connectivity index (χ4v) is 0.703. The van der Waals surface area contributed by atoms with Gasteiger partial charge in [0.2, 0.25) is 0 Å². The summed E-state index contributed by atoms with van der Waals surface area (Å²) in [6, 6.07) is 1.71. The lowest BCUT2D eigenvalue weighted by Crippen LogP contribution is -1.96. The smallest absolute Gasteiger partial charge is 0.195 e. The number of nitrogens with zero attached hydrogens (tertiary/aromatic N) is 1. The van der Waals surface area contributed by atoms with Crippen molar-refractivity contribution in [2.75, 3.05) is 0 Å². The first-order valence-corrected chi connectivity index (χ1v) is 2.97. The molecule has 0 aliphatic rings. The molecule has 0 bridgehead atoms. The van der Waals surface area contributed by atoms with E-state index in [1.54, 1.807) is 0 Å². The molecule has 64 valence electrons. The lowest BCUT2D eigenvalue weighted by molar-refractivity contribution is 0.321. The summed E-state index contributed by atoms with van der Waals surface area (Å²) in [5.41, 5.74) is -0.309. The Kier molecular flexibility index (Phi) is 2.32. The van der Waals surface area contributed by atoms with Crippen molar-refractivity contribution in [1.29, 1.82) is 0 Å². The van der Waals surface area contributed by atoms with Gasteiger partial charge in [0.1, 0.15) is 0 Å². The third-order valence-corrected chi connectivity index (χ3v) is 1.26. The molecule has 1 rings (SSSR count). The molecule has 0 saturated carbocycles. The highest BCUT2D eigenvalue weighted by Gasteiger charge is 2.11. The van der Waals surface area contributed by atoms with Gasteiger partial charge >= 0.3 is 0 Å². The lowest BCUT2D eigenvalue weighted by atomic mass is 10.2. The molecule has 1 aromatic carbocycles. The number of halogens is 3. The van der Waals surface area contributed by atoms with Gasteiger partial charge in [0.25, 0.3) is 0 Å². The van der Waals surface area contributed by atoms with Crippen LogP contribution in [0.3, 0.4) is 0 Å². The molecule has 5 heteroatoms. The monoisotopic (exact) mass is 175 g/mol. The van der Waals surface area contributed by atoms with Gasteiger partial charge in [-0.25, -0.2) is 13.2 Å². The van der Waals surface area contributed by atoms with Crippen molar-refractivity contribution in [3.8, 4) is 0 Å². The van der Waals surface area contributed by atoms with Crippen LogP contribution in [0.25, 0.3) is 0 Å². The van der Waals surface area contributed by atoms with Gasteiger partial charge in [0.15, 0.2) is 17.5 Å². The van der Waals surface area contributed by atoms with E-state index in [1.165, 1.54) is 0 Å². The molecule has 2 nitrogen and oxygen atoms in total. The van der Waals surface area contributed by atoms with Crippen LogP contribution in [0.15, 0.2) is 17.3 Å². The van der Waals surface area contributed by atoms with Crippen molar-refractivity contribution in [2.45, 2.75) is 0 Å². The van der Waals surface area contributed by atoms with E-state index in [0.29, 0.717) is 6.21 Å². The zero-order chi connectivity index (χ0) is 9.14. The normalized spacial score (nSPS) is 10.9. The van der Waals surface area contributed by atoms with E-state index in [4.69, 9.17) is 5.21 Å². The number of hydrogen-bond donors (Lipinski definition) is 1. The van der Waals surface area contributed by atoms with Crippen molar-refractivity contribution in [3.05, 3.63) is 35.1 Å². The van der Waals surface area contributed by atoms with Gasteiger partial charge in [0.05, 0.1) is 6.21 Å². The largest absolute Gasteiger partial charge is 0.411 e. The van der Waals surface area contributed by atoms with Gasteiger partial charge in [-0.2, -0.15) is 0 Å². The van der Waals surface area contributed by atoms with E-state index < -0.39 is 17.5 Å². The molecule has 0 aromatic heterocycles. The first-order chi connectivity index (χ1) is 5.66. The number of benzene rings is 1. The second-order valence-corrected chi connectivity index (χ2v) is 2.01. The van der Waals surface area contributed by atoms with E-state index in [2.05, 4.69) is 5.16 Å². The minimum atomic E-state index is -1.58. The Labute approximate surface area is 65.9 Å². The summed E-state index contributed by atoms with van der Waals surface area (Å²) in [5.74, 6) is -4.22. The maximum absolute atomic E-state index is 12.6. The molecule has 0 spiro atoms. The number of hydrogen-bond acceptors (Lipinski definition) is 2. The molecule has 0 saturated heterocycles. The molecule has 0 heterocycles. The van der Waals surface area contributed by atoms with Crippen LogP contribution in [0, 0.1) is 17.5 Å². The van der Waals surface area contributed by atoms with Crippen molar-refractivity contribution >= 4 is 6.21 Å². The van der Waals surface area contributed by atoms with Gasteiger partial charge < -0.3 is 5.21 Å². The van der Waals surface area contributed by atoms with Crippen LogP contribution in [-0.4, -0.2) is 11.4 Å². The predicted molar refractivity (Wildman–Crippen MR) is 35.7 cm³/mol. The summed E-state index contributed by atoms with van der Waals surface area (Å²) < 4.78 is 37.3. The zero-order valence-electron chi connectivity index (χ0n) is 5.76. The minimum Gasteiger partial charge on any atom is -0.411 e. The molecule has 1 aromatic rings. The van der Waals surface area contributed by atoms with Crippen LogP contribution in [0.5, 0.6) is 0 Å². The van der Waals surface area contributed by atoms with Gasteiger partial charge in [-0.3, -0.25) is 0 Å². The molecule has 0 unspecified atom stereocenters. The van der Waals surface area contributed by atoms with E-state index in [9.17, 15) is 13.2 Å². The summed E-state index contributed by atoms with van der Waals surface area (Å²) in [5, 5.41) is 10.5. The Morgan fingerprint density at radius 3 is 2.42 bits per heavy atom. The lowest BCUT2D eigenvalue weighted by Gasteiger charge is -1.97. The third-order valence-electron chi connectivity index (χ3n) is 1.26. The summed E-state index contributed by atoms with van der Waals surface area (Å²) in [6.45, 7) is 0. The molecule has 0 aliphatic heterocycles. The quantitative estimate of drug-likeness (QED) is 0.300. The standard InChI is InChI=1S/C7H4F3NO/c8-5-2-1-4(3-11-12)6(9)7(5)10/h1-3,12H/b11-3-. The number of oxime groups is 1. The highest BCUT2D eigenvalue weighted by molar-refractivity contribution is 5.79. The highest BCUT2D eigenvalue weighted by Crippen LogP contribution is 2.13. The van der Waals surface area contributed by atoms with Crippen LogP contribution in [0.2, 0.25) is 0 Å². The summed E-state index contributed by atoms with van der Waals surface area (Å²) >= 11 is 0. The van der Waals surface area contributed by atoms with E-state index in [-0.39, 0.29) is 5.56 Å². The Hall–Kier alpha value is -1.52. The summed E-state index contributed by atoms with van der Waals surface area (Å²) in [6.07, 6.45) is 0.678. The average molecular weight is 175 g/mol. The van der Waals surface area contributed by atoms with Crippen LogP contribution < -0.4 is 0 Å². The topological polar surface area (TPSA) is 32.6 Å². The Bertz CT molecular complexity index is 325. The SMILES string of the molecule is O/N=C\c1ccc(F)c(F)c1F. The molecular formula is C7H4F3NO. The highest BCUT2D eigenvalue weighted by atomic mass is 19.2. The first-order valence-electron chi connectivity index (χ1n) is 2.97. The molecule has 1 N–H and O–H groups in total. The molecule has 0 atom stereocenters. The van der Waals surface area contributed by atoms with Gasteiger partial charge in [-0.05, 0) is 12.1 Å². The molecule has 0 aliphatic carbocycles. The Morgan fingerprint density at radius 1 is 1.17 bits per heavy atom. The Balaban J connectivity index is 3.26. The third kappa shape index (κ3) is 1.39. The van der Waals surface area contributed by atoms with Crippen molar-refractivity contribution in [1.82, 2.24) is 0 Å². The Morgan fingerprint density at radius 2 is 1.83 bits per heavy atom. The maximum Gasteiger partial charge on any atom is 0.195 e. The zero-order valence-corrected chi connectivity index (χ0v) is 5.76. The molecule has 0 fully saturated rings. The maximum atomic E-state index is 12.6. The van der Waals surface area contributed by atoms with Crippen LogP contribution >= 0.6 is 0 Å². The van der Waals surface area contributed by atoms with Crippen LogP contribution in [-0.2, 0) is 0 Å². The first kappa shape index (κ1) is 8.58. The molecule has 0 radical (unpaired) electrons. The van der Waals surface area contributed by atoms with E-state index >= 15 is 0 Å². The van der Waals surface area contributed by atoms with Crippen LogP contribution in [0.1, 0.15) is 5.56 Å². The summed E-state index contributed by atoms with van der Waals surface area (Å²) in [7, 11) is 0. The summed E-state index contributed by atoms with van der Waals surface area (Å²) in [4.78, 5) is 0. The fourth-order valence-electron chi connectivity index (χ4n) is 0.703. The fraction of sp³-hybridized carbons (Fsp3) is 0. The van der Waals surface area contributed by atoms with Crippen molar-refractivity contribution in [3.63, 3.8) is 0 Å². The molecule has 0 amide bonds. The second-order valence-electron chi connectivity index (χ2n) is 2.01. The molecule has 12 heavy (non-hydrogen) atoms. The van der Waals surface area contributed by atoms with Crippen molar-refractivity contribution < 1.29 is 18.4 Å².